The van der Waals surface area contributed by atoms with Crippen molar-refractivity contribution >= 4 is 0 Å². The molecule has 90 valence electrons. The van der Waals surface area contributed by atoms with Crippen molar-refractivity contribution in [2.45, 2.75) is 32.2 Å². The molecule has 0 N–H and O–H groups in total. The van der Waals surface area contributed by atoms with Gasteiger partial charge in [0, 0.05) is 19.3 Å². The Kier molecular flexibility index (Phi) is 4.11. The highest BCUT2D eigenvalue weighted by Crippen LogP contribution is 2.25. The van der Waals surface area contributed by atoms with Crippen molar-refractivity contribution in [3.05, 3.63) is 29.6 Å². The zero-order valence-corrected chi connectivity index (χ0v) is 10.4. The van der Waals surface area contributed by atoms with Crippen LogP contribution in [0.3, 0.4) is 0 Å². The van der Waals surface area contributed by atoms with Crippen LogP contribution in [0.1, 0.15) is 36.9 Å². The lowest BCUT2D eigenvalue weighted by Crippen LogP contribution is -2.24. The molecule has 0 unspecified atom stereocenters. The van der Waals surface area contributed by atoms with Gasteiger partial charge in [0.2, 0.25) is 0 Å². The number of aromatic nitrogens is 1. The SMILES string of the molecule is CN(Cc1ccnc(C#N)c1)CC1CCCC1. The maximum absolute atomic E-state index is 8.80. The van der Waals surface area contributed by atoms with Crippen LogP contribution in [0.25, 0.3) is 0 Å². The fourth-order valence-electron chi connectivity index (χ4n) is 2.64. The van der Waals surface area contributed by atoms with E-state index in [2.05, 4.69) is 23.0 Å². The van der Waals surface area contributed by atoms with E-state index in [0.29, 0.717) is 5.69 Å². The molecule has 1 saturated carbocycles. The minimum atomic E-state index is 0.511. The smallest absolute Gasteiger partial charge is 0.140 e. The summed E-state index contributed by atoms with van der Waals surface area (Å²) in [6.45, 7) is 2.08. The molecule has 17 heavy (non-hydrogen) atoms. The van der Waals surface area contributed by atoms with Gasteiger partial charge in [-0.25, -0.2) is 4.98 Å². The fraction of sp³-hybridized carbons (Fsp3) is 0.571. The van der Waals surface area contributed by atoms with Crippen LogP contribution >= 0.6 is 0 Å². The van der Waals surface area contributed by atoms with Gasteiger partial charge in [0.25, 0.3) is 0 Å². The molecule has 1 aromatic rings. The highest BCUT2D eigenvalue weighted by atomic mass is 15.1. The zero-order valence-electron chi connectivity index (χ0n) is 10.4. The third-order valence-electron chi connectivity index (χ3n) is 3.44. The van der Waals surface area contributed by atoms with E-state index in [1.54, 1.807) is 6.20 Å². The van der Waals surface area contributed by atoms with Gasteiger partial charge in [0.15, 0.2) is 0 Å². The molecule has 0 saturated heterocycles. The molecule has 0 radical (unpaired) electrons. The second-order valence-electron chi connectivity index (χ2n) is 5.01. The lowest BCUT2D eigenvalue weighted by atomic mass is 10.1. The molecule has 0 atom stereocenters. The topological polar surface area (TPSA) is 39.9 Å². The average molecular weight is 229 g/mol. The van der Waals surface area contributed by atoms with Crippen molar-refractivity contribution in [3.8, 4) is 6.07 Å². The Morgan fingerprint density at radius 3 is 2.94 bits per heavy atom. The van der Waals surface area contributed by atoms with Crippen LogP contribution in [0.2, 0.25) is 0 Å². The maximum Gasteiger partial charge on any atom is 0.140 e. The van der Waals surface area contributed by atoms with E-state index in [1.807, 2.05) is 12.1 Å². The van der Waals surface area contributed by atoms with Crippen LogP contribution in [0.15, 0.2) is 18.3 Å². The number of hydrogen-bond acceptors (Lipinski definition) is 3. The van der Waals surface area contributed by atoms with Crippen LogP contribution in [0, 0.1) is 17.2 Å². The van der Waals surface area contributed by atoms with Crippen LogP contribution < -0.4 is 0 Å². The molecular weight excluding hydrogens is 210 g/mol. The summed E-state index contributed by atoms with van der Waals surface area (Å²) in [5.41, 5.74) is 1.69. The van der Waals surface area contributed by atoms with E-state index in [4.69, 9.17) is 5.26 Å². The Morgan fingerprint density at radius 1 is 1.47 bits per heavy atom. The molecule has 0 aromatic carbocycles. The Labute approximate surface area is 103 Å². The molecule has 1 aliphatic carbocycles. The van der Waals surface area contributed by atoms with Crippen molar-refractivity contribution in [2.24, 2.45) is 5.92 Å². The van der Waals surface area contributed by atoms with Gasteiger partial charge in [-0.2, -0.15) is 5.26 Å². The molecule has 1 fully saturated rings. The van der Waals surface area contributed by atoms with Gasteiger partial charge in [-0.3, -0.25) is 0 Å². The van der Waals surface area contributed by atoms with Crippen molar-refractivity contribution in [2.75, 3.05) is 13.6 Å². The fourth-order valence-corrected chi connectivity index (χ4v) is 2.64. The third-order valence-corrected chi connectivity index (χ3v) is 3.44. The monoisotopic (exact) mass is 229 g/mol. The molecule has 0 aliphatic heterocycles. The highest BCUT2D eigenvalue weighted by molar-refractivity contribution is 5.25. The van der Waals surface area contributed by atoms with E-state index in [9.17, 15) is 0 Å². The Morgan fingerprint density at radius 2 is 2.24 bits per heavy atom. The van der Waals surface area contributed by atoms with E-state index in [0.717, 1.165) is 12.5 Å². The van der Waals surface area contributed by atoms with E-state index in [-0.39, 0.29) is 0 Å². The van der Waals surface area contributed by atoms with E-state index in [1.165, 1.54) is 37.8 Å². The van der Waals surface area contributed by atoms with Gasteiger partial charge in [-0.05, 0) is 43.5 Å². The summed E-state index contributed by atoms with van der Waals surface area (Å²) in [7, 11) is 2.16. The molecule has 1 aromatic heterocycles. The third kappa shape index (κ3) is 3.54. The summed E-state index contributed by atoms with van der Waals surface area (Å²) in [4.78, 5) is 6.34. The van der Waals surface area contributed by atoms with Gasteiger partial charge < -0.3 is 4.90 Å². The van der Waals surface area contributed by atoms with Gasteiger partial charge in [0.05, 0.1) is 0 Å². The number of pyridine rings is 1. The minimum absolute atomic E-state index is 0.511. The van der Waals surface area contributed by atoms with Crippen molar-refractivity contribution in [3.63, 3.8) is 0 Å². The van der Waals surface area contributed by atoms with Crippen LogP contribution in [-0.4, -0.2) is 23.5 Å². The summed E-state index contributed by atoms with van der Waals surface area (Å²) in [5, 5.41) is 8.80. The first-order chi connectivity index (χ1) is 8.28. The Hall–Kier alpha value is -1.40. The lowest BCUT2D eigenvalue weighted by Gasteiger charge is -2.20. The minimum Gasteiger partial charge on any atom is -0.302 e. The quantitative estimate of drug-likeness (QED) is 0.796. The molecular formula is C14H19N3. The largest absolute Gasteiger partial charge is 0.302 e. The normalized spacial score (nSPS) is 16.3. The molecule has 1 aliphatic rings. The Bertz CT molecular complexity index is 402. The maximum atomic E-state index is 8.80. The van der Waals surface area contributed by atoms with Gasteiger partial charge >= 0.3 is 0 Å². The van der Waals surface area contributed by atoms with Crippen molar-refractivity contribution in [1.82, 2.24) is 9.88 Å². The zero-order chi connectivity index (χ0) is 12.1. The number of nitrogens with zero attached hydrogens (tertiary/aromatic N) is 3. The van der Waals surface area contributed by atoms with Gasteiger partial charge in [0.1, 0.15) is 11.8 Å². The average Bonchev–Trinajstić information content (AvgIpc) is 2.82. The summed E-state index contributed by atoms with van der Waals surface area (Å²) in [5.74, 6) is 0.872. The molecule has 0 bridgehead atoms. The second-order valence-corrected chi connectivity index (χ2v) is 5.01. The molecule has 0 amide bonds. The van der Waals surface area contributed by atoms with Gasteiger partial charge in [-0.15, -0.1) is 0 Å². The van der Waals surface area contributed by atoms with E-state index >= 15 is 0 Å². The summed E-state index contributed by atoms with van der Waals surface area (Å²) < 4.78 is 0. The van der Waals surface area contributed by atoms with Crippen molar-refractivity contribution < 1.29 is 0 Å². The number of nitriles is 1. The van der Waals surface area contributed by atoms with Crippen LogP contribution in [0.4, 0.5) is 0 Å². The first-order valence-electron chi connectivity index (χ1n) is 6.31. The van der Waals surface area contributed by atoms with Crippen molar-refractivity contribution in [1.29, 1.82) is 5.26 Å². The first kappa shape index (κ1) is 12.1. The standard InChI is InChI=1S/C14H19N3/c1-17(10-12-4-2-3-5-12)11-13-6-7-16-14(8-13)9-15/h6-8,12H,2-5,10-11H2,1H3. The molecule has 1 heterocycles. The predicted octanol–water partition coefficient (Wildman–Crippen LogP) is 2.58. The van der Waals surface area contributed by atoms with Crippen LogP contribution in [0.5, 0.6) is 0 Å². The molecule has 3 heteroatoms. The predicted molar refractivity (Wildman–Crippen MR) is 67.2 cm³/mol. The Balaban J connectivity index is 1.88. The summed E-state index contributed by atoms with van der Waals surface area (Å²) in [6.07, 6.45) is 7.27. The van der Waals surface area contributed by atoms with Gasteiger partial charge in [-0.1, -0.05) is 12.8 Å². The second kappa shape index (κ2) is 5.79. The van der Waals surface area contributed by atoms with Crippen LogP contribution in [-0.2, 0) is 6.54 Å². The number of rotatable bonds is 4. The molecule has 3 nitrogen and oxygen atoms in total. The highest BCUT2D eigenvalue weighted by Gasteiger charge is 2.16. The number of hydrogen-bond donors (Lipinski definition) is 0. The lowest BCUT2D eigenvalue weighted by molar-refractivity contribution is 0.271. The molecule has 0 spiro atoms. The summed E-state index contributed by atoms with van der Waals surface area (Å²) >= 11 is 0. The molecule has 2 rings (SSSR count). The summed E-state index contributed by atoms with van der Waals surface area (Å²) in [6, 6.07) is 5.96. The first-order valence-corrected chi connectivity index (χ1v) is 6.31. The van der Waals surface area contributed by atoms with E-state index < -0.39 is 0 Å².